The predicted molar refractivity (Wildman–Crippen MR) is 111 cm³/mol. The molecule has 0 saturated heterocycles. The van der Waals surface area contributed by atoms with Crippen LogP contribution in [0.25, 0.3) is 0 Å². The molecule has 2 aromatic heterocycles. The molecule has 2 heterocycles. The fourth-order valence-corrected chi connectivity index (χ4v) is 3.22. The van der Waals surface area contributed by atoms with E-state index in [-0.39, 0.29) is 12.5 Å². The Kier molecular flexibility index (Phi) is 6.12. The molecule has 0 fully saturated rings. The summed E-state index contributed by atoms with van der Waals surface area (Å²) in [6, 6.07) is 5.73. The number of ether oxygens (including phenoxy) is 2. The van der Waals surface area contributed by atoms with Crippen molar-refractivity contribution in [3.05, 3.63) is 52.1 Å². The van der Waals surface area contributed by atoms with Gasteiger partial charge in [0.25, 0.3) is 0 Å². The van der Waals surface area contributed by atoms with E-state index in [2.05, 4.69) is 15.5 Å². The average Bonchev–Trinajstić information content (AvgIpc) is 3.15. The van der Waals surface area contributed by atoms with Crippen molar-refractivity contribution in [2.24, 2.45) is 0 Å². The van der Waals surface area contributed by atoms with Gasteiger partial charge in [0, 0.05) is 0 Å². The summed E-state index contributed by atoms with van der Waals surface area (Å²) >= 11 is 6.00. The highest BCUT2D eigenvalue weighted by Crippen LogP contribution is 2.28. The normalized spacial score (nSPS) is 10.8. The summed E-state index contributed by atoms with van der Waals surface area (Å²) in [5.74, 6) is 1.14. The van der Waals surface area contributed by atoms with Crippen molar-refractivity contribution in [1.29, 1.82) is 0 Å². The van der Waals surface area contributed by atoms with Crippen LogP contribution in [-0.2, 0) is 17.9 Å². The topological polar surface area (TPSA) is 83.2 Å². The van der Waals surface area contributed by atoms with E-state index < -0.39 is 0 Å². The maximum atomic E-state index is 12.5. The molecule has 0 aliphatic rings. The first-order chi connectivity index (χ1) is 13.8. The first-order valence-corrected chi connectivity index (χ1v) is 9.44. The lowest BCUT2D eigenvalue weighted by molar-refractivity contribution is -0.116. The molecule has 29 heavy (non-hydrogen) atoms. The third-order valence-electron chi connectivity index (χ3n) is 4.76. The first kappa shape index (κ1) is 20.7. The molecule has 0 atom stereocenters. The Balaban J connectivity index is 1.76. The molecule has 1 amide bonds. The van der Waals surface area contributed by atoms with Crippen LogP contribution in [0.4, 0.5) is 5.69 Å². The van der Waals surface area contributed by atoms with E-state index in [4.69, 9.17) is 21.1 Å². The van der Waals surface area contributed by atoms with Gasteiger partial charge < -0.3 is 14.8 Å². The third-order valence-corrected chi connectivity index (χ3v) is 5.13. The fourth-order valence-electron chi connectivity index (χ4n) is 3.08. The molecular weight excluding hydrogens is 394 g/mol. The molecule has 0 aliphatic heterocycles. The number of hydrogen-bond donors (Lipinski definition) is 1. The Morgan fingerprint density at radius 1 is 1.10 bits per heavy atom. The van der Waals surface area contributed by atoms with Crippen molar-refractivity contribution in [1.82, 2.24) is 19.6 Å². The van der Waals surface area contributed by atoms with Gasteiger partial charge in [-0.25, -0.2) is 0 Å². The molecule has 9 heteroatoms. The van der Waals surface area contributed by atoms with Crippen LogP contribution >= 0.6 is 11.6 Å². The maximum Gasteiger partial charge on any atom is 0.246 e. The number of rotatable bonds is 7. The predicted octanol–water partition coefficient (Wildman–Crippen LogP) is 3.36. The number of carbonyl (C=O) groups excluding carboxylic acids is 1. The number of aryl methyl sites for hydroxylation is 1. The van der Waals surface area contributed by atoms with Gasteiger partial charge in [-0.2, -0.15) is 10.2 Å². The third kappa shape index (κ3) is 4.37. The Hall–Kier alpha value is -3.00. The SMILES string of the molecule is COc1ccc(Cn2nc(C)c(NC(=O)Cn3ncc(Cl)c3C)c2C)cc1OC. The van der Waals surface area contributed by atoms with Gasteiger partial charge in [-0.05, 0) is 38.5 Å². The van der Waals surface area contributed by atoms with Crippen LogP contribution in [-0.4, -0.2) is 39.7 Å². The zero-order chi connectivity index (χ0) is 21.1. The molecule has 0 spiro atoms. The Bertz CT molecular complexity index is 1040. The number of amides is 1. The van der Waals surface area contributed by atoms with Crippen LogP contribution in [0.5, 0.6) is 11.5 Å². The number of anilines is 1. The van der Waals surface area contributed by atoms with E-state index in [9.17, 15) is 4.79 Å². The Labute approximate surface area is 174 Å². The zero-order valence-corrected chi connectivity index (χ0v) is 17.9. The van der Waals surface area contributed by atoms with Gasteiger partial charge in [0.2, 0.25) is 5.91 Å². The molecule has 1 N–H and O–H groups in total. The van der Waals surface area contributed by atoms with Crippen LogP contribution in [0.3, 0.4) is 0 Å². The summed E-state index contributed by atoms with van der Waals surface area (Å²) in [6.45, 7) is 6.23. The minimum absolute atomic E-state index is 0.0816. The van der Waals surface area contributed by atoms with Gasteiger partial charge in [0.15, 0.2) is 11.5 Å². The molecule has 0 unspecified atom stereocenters. The number of benzene rings is 1. The van der Waals surface area contributed by atoms with E-state index >= 15 is 0 Å². The van der Waals surface area contributed by atoms with E-state index in [0.29, 0.717) is 28.8 Å². The smallest absolute Gasteiger partial charge is 0.246 e. The van der Waals surface area contributed by atoms with Gasteiger partial charge in [0.1, 0.15) is 6.54 Å². The standard InChI is InChI=1S/C20H24ClN5O3/c1-12-20(23-19(27)11-25-13(2)16(21)9-22-25)14(3)26(24-12)10-15-6-7-17(28-4)18(8-15)29-5/h6-9H,10-11H2,1-5H3,(H,23,27). The lowest BCUT2D eigenvalue weighted by Gasteiger charge is -2.11. The molecule has 3 aromatic rings. The van der Waals surface area contributed by atoms with Crippen LogP contribution in [0, 0.1) is 20.8 Å². The van der Waals surface area contributed by atoms with Crippen molar-refractivity contribution in [2.75, 3.05) is 19.5 Å². The molecule has 154 valence electrons. The number of halogens is 1. The van der Waals surface area contributed by atoms with Crippen LogP contribution in [0.1, 0.15) is 22.6 Å². The quantitative estimate of drug-likeness (QED) is 0.637. The van der Waals surface area contributed by atoms with Crippen LogP contribution in [0.15, 0.2) is 24.4 Å². The van der Waals surface area contributed by atoms with E-state index in [0.717, 1.165) is 22.6 Å². The summed E-state index contributed by atoms with van der Waals surface area (Å²) in [4.78, 5) is 12.5. The van der Waals surface area contributed by atoms with E-state index in [1.165, 1.54) is 6.20 Å². The number of aromatic nitrogens is 4. The largest absolute Gasteiger partial charge is 0.493 e. The molecule has 8 nitrogen and oxygen atoms in total. The first-order valence-electron chi connectivity index (χ1n) is 9.06. The van der Waals surface area contributed by atoms with Gasteiger partial charge in [-0.15, -0.1) is 0 Å². The monoisotopic (exact) mass is 417 g/mol. The highest BCUT2D eigenvalue weighted by atomic mass is 35.5. The van der Waals surface area contributed by atoms with E-state index in [1.807, 2.05) is 43.7 Å². The van der Waals surface area contributed by atoms with Gasteiger partial charge in [-0.1, -0.05) is 17.7 Å². The molecule has 0 aliphatic carbocycles. The van der Waals surface area contributed by atoms with Crippen LogP contribution < -0.4 is 14.8 Å². The lowest BCUT2D eigenvalue weighted by atomic mass is 10.2. The number of hydrogen-bond acceptors (Lipinski definition) is 5. The Morgan fingerprint density at radius 2 is 1.83 bits per heavy atom. The summed E-state index contributed by atoms with van der Waals surface area (Å²) < 4.78 is 14.1. The zero-order valence-electron chi connectivity index (χ0n) is 17.1. The molecule has 3 rings (SSSR count). The summed E-state index contributed by atoms with van der Waals surface area (Å²) in [7, 11) is 3.21. The second kappa shape index (κ2) is 8.57. The second-order valence-electron chi connectivity index (χ2n) is 6.68. The number of nitrogens with zero attached hydrogens (tertiary/aromatic N) is 4. The number of nitrogens with one attached hydrogen (secondary N) is 1. The van der Waals surface area contributed by atoms with Crippen LogP contribution in [0.2, 0.25) is 5.02 Å². The maximum absolute atomic E-state index is 12.5. The van der Waals surface area contributed by atoms with Crippen molar-refractivity contribution in [3.63, 3.8) is 0 Å². The van der Waals surface area contributed by atoms with Gasteiger partial charge in [0.05, 0.1) is 54.8 Å². The molecule has 0 radical (unpaired) electrons. The highest BCUT2D eigenvalue weighted by molar-refractivity contribution is 6.31. The van der Waals surface area contributed by atoms with Crippen molar-refractivity contribution in [2.45, 2.75) is 33.9 Å². The van der Waals surface area contributed by atoms with Gasteiger partial charge >= 0.3 is 0 Å². The summed E-state index contributed by atoms with van der Waals surface area (Å²) in [6.07, 6.45) is 1.53. The molecular formula is C20H24ClN5O3. The molecule has 0 bridgehead atoms. The lowest BCUT2D eigenvalue weighted by Crippen LogP contribution is -2.21. The minimum Gasteiger partial charge on any atom is -0.493 e. The molecule has 0 saturated carbocycles. The number of methoxy groups -OCH3 is 2. The van der Waals surface area contributed by atoms with Crippen molar-refractivity contribution in [3.8, 4) is 11.5 Å². The van der Waals surface area contributed by atoms with Gasteiger partial charge in [-0.3, -0.25) is 14.2 Å². The fraction of sp³-hybridized carbons (Fsp3) is 0.350. The number of carbonyl (C=O) groups is 1. The van der Waals surface area contributed by atoms with Crippen molar-refractivity contribution < 1.29 is 14.3 Å². The second-order valence-corrected chi connectivity index (χ2v) is 7.08. The molecule has 1 aromatic carbocycles. The summed E-state index contributed by atoms with van der Waals surface area (Å²) in [5, 5.41) is 12.2. The average molecular weight is 418 g/mol. The van der Waals surface area contributed by atoms with Crippen molar-refractivity contribution >= 4 is 23.2 Å². The minimum atomic E-state index is -0.190. The Morgan fingerprint density at radius 3 is 2.45 bits per heavy atom. The van der Waals surface area contributed by atoms with E-state index in [1.54, 1.807) is 18.9 Å². The summed E-state index contributed by atoms with van der Waals surface area (Å²) in [5.41, 5.74) is 4.06. The highest BCUT2D eigenvalue weighted by Gasteiger charge is 2.16.